The second kappa shape index (κ2) is 5.46. The van der Waals surface area contributed by atoms with E-state index in [0.717, 1.165) is 5.56 Å². The van der Waals surface area contributed by atoms with Gasteiger partial charge in [0.1, 0.15) is 11.6 Å². The van der Waals surface area contributed by atoms with Gasteiger partial charge in [0.05, 0.1) is 10.0 Å². The van der Waals surface area contributed by atoms with Crippen molar-refractivity contribution in [2.24, 2.45) is 0 Å². The molecular weight excluding hydrogens is 276 g/mol. The normalized spacial score (nSPS) is 10.4. The Bertz CT molecular complexity index is 523. The molecule has 0 aromatic heterocycles. The SMILES string of the molecule is Oc1ccc(CNc2ccc(F)c(Cl)c2)cc1Cl. The van der Waals surface area contributed by atoms with Crippen molar-refractivity contribution in [3.8, 4) is 5.75 Å². The van der Waals surface area contributed by atoms with Crippen LogP contribution in [0.25, 0.3) is 0 Å². The van der Waals surface area contributed by atoms with Gasteiger partial charge in [0.15, 0.2) is 0 Å². The lowest BCUT2D eigenvalue weighted by molar-refractivity contribution is 0.475. The third-order valence-corrected chi connectivity index (χ3v) is 3.02. The Hall–Kier alpha value is -1.45. The summed E-state index contributed by atoms with van der Waals surface area (Å²) < 4.78 is 13.0. The molecule has 94 valence electrons. The van der Waals surface area contributed by atoms with Crippen LogP contribution in [-0.4, -0.2) is 5.11 Å². The van der Waals surface area contributed by atoms with Crippen LogP contribution in [0.3, 0.4) is 0 Å². The first-order valence-electron chi connectivity index (χ1n) is 5.22. The highest BCUT2D eigenvalue weighted by molar-refractivity contribution is 6.32. The number of halogens is 3. The van der Waals surface area contributed by atoms with Crippen molar-refractivity contribution in [3.63, 3.8) is 0 Å². The summed E-state index contributed by atoms with van der Waals surface area (Å²) in [4.78, 5) is 0. The third kappa shape index (κ3) is 3.06. The maximum absolute atomic E-state index is 13.0. The smallest absolute Gasteiger partial charge is 0.141 e. The van der Waals surface area contributed by atoms with Crippen LogP contribution in [0.4, 0.5) is 10.1 Å². The number of rotatable bonds is 3. The molecule has 0 bridgehead atoms. The van der Waals surface area contributed by atoms with Crippen LogP contribution >= 0.6 is 23.2 Å². The Kier molecular flexibility index (Phi) is 3.94. The van der Waals surface area contributed by atoms with Crippen molar-refractivity contribution in [1.82, 2.24) is 0 Å². The van der Waals surface area contributed by atoms with Gasteiger partial charge in [-0.15, -0.1) is 0 Å². The van der Waals surface area contributed by atoms with Crippen LogP contribution in [0.1, 0.15) is 5.56 Å². The Morgan fingerprint density at radius 3 is 2.50 bits per heavy atom. The minimum Gasteiger partial charge on any atom is -0.506 e. The molecule has 0 spiro atoms. The van der Waals surface area contributed by atoms with Crippen LogP contribution in [-0.2, 0) is 6.54 Å². The minimum absolute atomic E-state index is 0.0465. The van der Waals surface area contributed by atoms with Gasteiger partial charge in [0.25, 0.3) is 0 Å². The van der Waals surface area contributed by atoms with E-state index in [1.165, 1.54) is 18.2 Å². The van der Waals surface area contributed by atoms with E-state index in [1.54, 1.807) is 18.2 Å². The second-order valence-electron chi connectivity index (χ2n) is 3.77. The number of benzene rings is 2. The molecule has 0 unspecified atom stereocenters. The summed E-state index contributed by atoms with van der Waals surface area (Å²) in [5.41, 5.74) is 1.61. The zero-order chi connectivity index (χ0) is 13.1. The van der Waals surface area contributed by atoms with Gasteiger partial charge in [0.2, 0.25) is 0 Å². The number of phenols is 1. The molecule has 2 aromatic rings. The van der Waals surface area contributed by atoms with Gasteiger partial charge in [-0.25, -0.2) is 4.39 Å². The Morgan fingerprint density at radius 1 is 1.06 bits per heavy atom. The van der Waals surface area contributed by atoms with E-state index < -0.39 is 5.82 Å². The minimum atomic E-state index is -0.449. The number of nitrogens with one attached hydrogen (secondary N) is 1. The summed E-state index contributed by atoms with van der Waals surface area (Å²) >= 11 is 11.5. The molecule has 0 saturated heterocycles. The topological polar surface area (TPSA) is 32.3 Å². The van der Waals surface area contributed by atoms with Crippen LogP contribution < -0.4 is 5.32 Å². The molecule has 0 radical (unpaired) electrons. The van der Waals surface area contributed by atoms with Crippen molar-refractivity contribution in [2.75, 3.05) is 5.32 Å². The van der Waals surface area contributed by atoms with Gasteiger partial charge in [-0.3, -0.25) is 0 Å². The van der Waals surface area contributed by atoms with E-state index >= 15 is 0 Å². The summed E-state index contributed by atoms with van der Waals surface area (Å²) in [6, 6.07) is 9.35. The molecule has 0 aliphatic carbocycles. The van der Waals surface area contributed by atoms with Crippen molar-refractivity contribution >= 4 is 28.9 Å². The van der Waals surface area contributed by atoms with Crippen molar-refractivity contribution in [1.29, 1.82) is 0 Å². The molecule has 0 amide bonds. The average molecular weight is 286 g/mol. The molecule has 0 aliphatic heterocycles. The number of anilines is 1. The summed E-state index contributed by atoms with van der Waals surface area (Å²) in [5.74, 6) is -0.403. The molecule has 18 heavy (non-hydrogen) atoms. The van der Waals surface area contributed by atoms with E-state index in [4.69, 9.17) is 23.2 Å². The first kappa shape index (κ1) is 13.0. The molecule has 2 aromatic carbocycles. The highest BCUT2D eigenvalue weighted by Gasteiger charge is 2.02. The number of aromatic hydroxyl groups is 1. The summed E-state index contributed by atoms with van der Waals surface area (Å²) in [6.45, 7) is 0.502. The molecule has 0 heterocycles. The molecule has 0 fully saturated rings. The van der Waals surface area contributed by atoms with Crippen LogP contribution in [0.15, 0.2) is 36.4 Å². The number of phenolic OH excluding ortho intramolecular Hbond substituents is 1. The van der Waals surface area contributed by atoms with Gasteiger partial charge in [-0.2, -0.15) is 0 Å². The lowest BCUT2D eigenvalue weighted by Crippen LogP contribution is -1.99. The van der Waals surface area contributed by atoms with E-state index in [9.17, 15) is 9.50 Å². The molecule has 0 atom stereocenters. The summed E-state index contributed by atoms with van der Waals surface area (Å²) in [5, 5.41) is 12.7. The lowest BCUT2D eigenvalue weighted by Gasteiger charge is -2.08. The Balaban J connectivity index is 2.06. The standard InChI is InChI=1S/C13H10Cl2FNO/c14-10-6-9(2-3-12(10)16)17-7-8-1-4-13(18)11(15)5-8/h1-6,17-18H,7H2. The zero-order valence-electron chi connectivity index (χ0n) is 9.25. The first-order valence-corrected chi connectivity index (χ1v) is 5.98. The largest absolute Gasteiger partial charge is 0.506 e. The fourth-order valence-corrected chi connectivity index (χ4v) is 1.85. The maximum atomic E-state index is 13.0. The van der Waals surface area contributed by atoms with Gasteiger partial charge in [-0.1, -0.05) is 29.3 Å². The van der Waals surface area contributed by atoms with Crippen LogP contribution in [0.5, 0.6) is 5.75 Å². The highest BCUT2D eigenvalue weighted by Crippen LogP contribution is 2.24. The van der Waals surface area contributed by atoms with Crippen LogP contribution in [0, 0.1) is 5.82 Å². The van der Waals surface area contributed by atoms with E-state index in [0.29, 0.717) is 17.3 Å². The van der Waals surface area contributed by atoms with Gasteiger partial charge >= 0.3 is 0 Å². The molecule has 0 aliphatic rings. The molecule has 2 N–H and O–H groups in total. The Morgan fingerprint density at radius 2 is 1.83 bits per heavy atom. The second-order valence-corrected chi connectivity index (χ2v) is 4.58. The monoisotopic (exact) mass is 285 g/mol. The summed E-state index contributed by atoms with van der Waals surface area (Å²) in [6.07, 6.45) is 0. The molecular formula is C13H10Cl2FNO. The van der Waals surface area contributed by atoms with Gasteiger partial charge in [-0.05, 0) is 35.9 Å². The predicted molar refractivity (Wildman–Crippen MR) is 71.9 cm³/mol. The van der Waals surface area contributed by atoms with E-state index in [2.05, 4.69) is 5.32 Å². The van der Waals surface area contributed by atoms with Crippen molar-refractivity contribution in [2.45, 2.75) is 6.54 Å². The molecule has 0 saturated carbocycles. The molecule has 2 nitrogen and oxygen atoms in total. The molecule has 2 rings (SSSR count). The maximum Gasteiger partial charge on any atom is 0.141 e. The molecule has 5 heteroatoms. The van der Waals surface area contributed by atoms with Gasteiger partial charge < -0.3 is 10.4 Å². The lowest BCUT2D eigenvalue weighted by atomic mass is 10.2. The van der Waals surface area contributed by atoms with Crippen molar-refractivity contribution < 1.29 is 9.50 Å². The van der Waals surface area contributed by atoms with Gasteiger partial charge in [0, 0.05) is 12.2 Å². The van der Waals surface area contributed by atoms with Crippen molar-refractivity contribution in [3.05, 3.63) is 57.8 Å². The average Bonchev–Trinajstić information content (AvgIpc) is 2.35. The first-order chi connectivity index (χ1) is 8.56. The summed E-state index contributed by atoms with van der Waals surface area (Å²) in [7, 11) is 0. The van der Waals surface area contributed by atoms with E-state index in [-0.39, 0.29) is 10.8 Å². The highest BCUT2D eigenvalue weighted by atomic mass is 35.5. The number of hydrogen-bond donors (Lipinski definition) is 2. The fourth-order valence-electron chi connectivity index (χ4n) is 1.47. The zero-order valence-corrected chi connectivity index (χ0v) is 10.8. The van der Waals surface area contributed by atoms with Crippen LogP contribution in [0.2, 0.25) is 10.0 Å². The number of hydrogen-bond acceptors (Lipinski definition) is 2. The predicted octanol–water partition coefficient (Wildman–Crippen LogP) is 4.45. The quantitative estimate of drug-likeness (QED) is 0.873. The fraction of sp³-hybridized carbons (Fsp3) is 0.0769. The third-order valence-electron chi connectivity index (χ3n) is 2.43. The Labute approximate surface area is 114 Å². The van der Waals surface area contributed by atoms with E-state index in [1.807, 2.05) is 0 Å².